The van der Waals surface area contributed by atoms with Gasteiger partial charge >= 0.3 is 12.1 Å². The summed E-state index contributed by atoms with van der Waals surface area (Å²) in [7, 11) is 0. The Balaban J connectivity index is 0.000000233. The third-order valence-corrected chi connectivity index (χ3v) is 28.6. The first-order valence-electron chi connectivity index (χ1n) is 47.0. The van der Waals surface area contributed by atoms with Crippen molar-refractivity contribution in [3.05, 3.63) is 38.0 Å². The monoisotopic (exact) mass is 1760 g/mol. The lowest BCUT2D eigenvalue weighted by molar-refractivity contribution is -0.144. The number of piperidine rings is 3. The van der Waals surface area contributed by atoms with Gasteiger partial charge in [-0.1, -0.05) is 222 Å². The predicted octanol–water partition coefficient (Wildman–Crippen LogP) is 7.42. The van der Waals surface area contributed by atoms with E-state index < -0.39 is 125 Å². The van der Waals surface area contributed by atoms with Crippen molar-refractivity contribution in [2.45, 2.75) is 335 Å². The highest BCUT2D eigenvalue weighted by Gasteiger charge is 2.72. The normalized spacial score (nSPS) is 29.7. The number of hydrogen-bond acceptors (Lipinski definition) is 18. The van der Waals surface area contributed by atoms with Gasteiger partial charge in [0.15, 0.2) is 11.6 Å². The molecule has 0 aromatic carbocycles. The summed E-state index contributed by atoms with van der Waals surface area (Å²) in [6.45, 7) is 32.3. The van der Waals surface area contributed by atoms with E-state index in [-0.39, 0.29) is 137 Å². The van der Waals surface area contributed by atoms with Crippen LogP contribution in [-0.4, -0.2) is 226 Å². The van der Waals surface area contributed by atoms with Gasteiger partial charge in [0.05, 0.1) is 36.3 Å². The summed E-state index contributed by atoms with van der Waals surface area (Å²) in [5.41, 5.74) is 5.88. The van der Waals surface area contributed by atoms with E-state index in [1.54, 1.807) is 14.7 Å². The SMILES string of the molecule is C=CCNC(=O)C(=O)[C@@H]1CCCCCCCCC[C@H](N)C(=O)N2C[C@H]3[C@@H]([C@H]2C(=O)N1)C3(C)C.C=CCNC(=O)C(=O)[C@@H]1CCCCCCCCC[C@H](NC(=O)N[C@H](C(=O)C2CC2)C(C)C)C(=O)N2C[C@H]3[C@@H]([C@H]2C(=O)N1)C3(C)C.C=CCNC(=O)C(=O)[C@@H]1CCCCCCCCC[C@H](NC(=O)N[C@H](C(=O)C2CC2)C(C)C)C(=O)N2C[C@H]3[C@@H]([C@H]2C(=O)N1)C3(C)C.O=CO. The third-order valence-electron chi connectivity index (χ3n) is 28.6. The topological polar surface area (TPSA) is 466 Å². The number of carboxylic acid groups (broad SMARTS) is 1. The molecule has 32 nitrogen and oxygen atoms in total. The number of nitrogens with one attached hydrogen (secondary N) is 10. The van der Waals surface area contributed by atoms with E-state index in [4.69, 9.17) is 15.6 Å². The summed E-state index contributed by atoms with van der Waals surface area (Å²) in [6.07, 6.45) is 29.5. The minimum absolute atomic E-state index is 0.00955. The van der Waals surface area contributed by atoms with Crippen molar-refractivity contribution in [2.75, 3.05) is 39.3 Å². The predicted molar refractivity (Wildman–Crippen MR) is 474 cm³/mol. The van der Waals surface area contributed by atoms with E-state index in [2.05, 4.69) is 114 Å². The van der Waals surface area contributed by atoms with Gasteiger partial charge in [0.2, 0.25) is 52.8 Å². The van der Waals surface area contributed by atoms with Gasteiger partial charge in [-0.2, -0.15) is 0 Å². The fourth-order valence-corrected chi connectivity index (χ4v) is 20.3. The van der Waals surface area contributed by atoms with Gasteiger partial charge in [-0.05, 0) is 128 Å². The molecule has 6 heterocycles. The molecule has 13 N–H and O–H groups in total. The van der Waals surface area contributed by atoms with Gasteiger partial charge in [-0.15, -0.1) is 19.7 Å². The molecule has 0 aromatic heterocycles. The van der Waals surface area contributed by atoms with E-state index in [1.807, 2.05) is 27.7 Å². The average Bonchev–Trinajstić information content (AvgIpc) is 1.54. The molecule has 5 aliphatic carbocycles. The van der Waals surface area contributed by atoms with Crippen LogP contribution in [0.15, 0.2) is 38.0 Å². The smallest absolute Gasteiger partial charge is 0.316 e. The lowest BCUT2D eigenvalue weighted by Crippen LogP contribution is -2.59. The quantitative estimate of drug-likeness (QED) is 0.0285. The van der Waals surface area contributed by atoms with E-state index in [1.165, 1.54) is 18.2 Å². The lowest BCUT2D eigenvalue weighted by atomic mass is 9.96. The van der Waals surface area contributed by atoms with Gasteiger partial charge in [0, 0.05) is 51.1 Å². The summed E-state index contributed by atoms with van der Waals surface area (Å²) in [5, 5.41) is 34.4. The van der Waals surface area contributed by atoms with Crippen molar-refractivity contribution < 1.29 is 86.6 Å². The van der Waals surface area contributed by atoms with Crippen LogP contribution in [0.1, 0.15) is 268 Å². The Bertz CT molecular complexity index is 3750. The lowest BCUT2D eigenvalue weighted by Gasteiger charge is -2.34. The van der Waals surface area contributed by atoms with Crippen molar-refractivity contribution in [1.29, 1.82) is 0 Å². The second kappa shape index (κ2) is 47.2. The third kappa shape index (κ3) is 27.0. The van der Waals surface area contributed by atoms with Crippen LogP contribution in [0.3, 0.4) is 0 Å². The van der Waals surface area contributed by atoms with Gasteiger partial charge in [0.1, 0.15) is 30.2 Å². The molecule has 11 fully saturated rings. The summed E-state index contributed by atoms with van der Waals surface area (Å²) in [4.78, 5) is 225. The first kappa shape index (κ1) is 102. The number of carbonyl (C=O) groups is 17. The van der Waals surface area contributed by atoms with E-state index in [0.29, 0.717) is 71.0 Å². The first-order chi connectivity index (χ1) is 59.9. The van der Waals surface area contributed by atoms with E-state index in [9.17, 15) is 76.7 Å². The molecule has 126 heavy (non-hydrogen) atoms. The molecular weight excluding hydrogens is 1610 g/mol. The highest BCUT2D eigenvalue weighted by Crippen LogP contribution is 2.67. The zero-order valence-electron chi connectivity index (χ0n) is 76.5. The second-order valence-corrected chi connectivity index (χ2v) is 39.4. The van der Waals surface area contributed by atoms with Crippen LogP contribution >= 0.6 is 0 Å². The number of Topliss-reactive ketones (excluding diaryl/α,β-unsaturated/α-hetero) is 5. The largest absolute Gasteiger partial charge is 0.483 e. The van der Waals surface area contributed by atoms with Crippen molar-refractivity contribution in [3.63, 3.8) is 0 Å². The van der Waals surface area contributed by atoms with Crippen LogP contribution in [0.2, 0.25) is 0 Å². The van der Waals surface area contributed by atoms with Gasteiger partial charge in [-0.25, -0.2) is 9.59 Å². The number of urea groups is 2. The van der Waals surface area contributed by atoms with Gasteiger partial charge in [-0.3, -0.25) is 71.9 Å². The Morgan fingerprint density at radius 2 is 0.651 bits per heavy atom. The fraction of sp³-hybridized carbons (Fsp3) is 0.755. The molecule has 702 valence electrons. The number of fused-ring (bicyclic) bond motifs is 9. The summed E-state index contributed by atoms with van der Waals surface area (Å²) in [6, 6.07) is -9.89. The van der Waals surface area contributed by atoms with E-state index >= 15 is 0 Å². The summed E-state index contributed by atoms with van der Waals surface area (Å²) >= 11 is 0. The Labute approximate surface area is 744 Å². The zero-order chi connectivity index (χ0) is 92.7. The van der Waals surface area contributed by atoms with Crippen LogP contribution < -0.4 is 58.9 Å². The standard InChI is InChI=1S/2C34H53N5O6.C25H40N4O4.CH2O2/c2*1-6-18-35-31(43)29(41)23-14-12-10-8-7-9-11-13-15-24(37-33(45)38-26(20(2)3)28(40)21-16-17-21)32(44)39-19-22-25(34(22,4)5)27(39)30(42)36-23;1-4-14-27-23(32)21(30)18-13-11-9-7-5-6-8-10-12-17(26)24(33)29-15-16-19(25(16,2)3)20(29)22(31)28-18;2-1-3/h2*6,20-27H,1,7-19H2,2-5H3,(H,35,43)(H,36,42)(H2,37,38,45);4,16-20H,1,5-15,26H2,2-3H3,(H,27,32)(H,28,31);1H,(H,2,3)/t2*22-,23-,24-,25-,26-,27-;16-,17-,18-,19-,20-;/m000./s1. The van der Waals surface area contributed by atoms with Crippen LogP contribution in [0, 0.1) is 75.4 Å². The molecule has 0 spiro atoms. The van der Waals surface area contributed by atoms with Crippen molar-refractivity contribution in [2.24, 2.45) is 81.2 Å². The molecule has 0 bridgehead atoms. The number of nitrogens with two attached hydrogens (primary N) is 1. The first-order valence-corrected chi connectivity index (χ1v) is 47.0. The summed E-state index contributed by atoms with van der Waals surface area (Å²) in [5.74, 6) is -6.22. The number of carbonyl (C=O) groups excluding carboxylic acids is 16. The molecule has 0 unspecified atom stereocenters. The van der Waals surface area contributed by atoms with Crippen LogP contribution in [-0.2, 0) is 71.9 Å². The molecule has 0 aromatic rings. The molecule has 17 atom stereocenters. The van der Waals surface area contributed by atoms with Crippen molar-refractivity contribution >= 4 is 101 Å². The molecule has 11 rings (SSSR count). The van der Waals surface area contributed by atoms with Gasteiger partial charge < -0.3 is 78.7 Å². The molecule has 13 amide bonds. The number of nitrogens with zero attached hydrogens (tertiary/aromatic N) is 3. The molecular formula is C94H148N14O18. The Kier molecular flexibility index (Phi) is 38.3. The Morgan fingerprint density at radius 3 is 0.905 bits per heavy atom. The van der Waals surface area contributed by atoms with E-state index in [0.717, 1.165) is 148 Å². The molecule has 6 saturated heterocycles. The molecule has 6 aliphatic heterocycles. The Morgan fingerprint density at radius 1 is 0.405 bits per heavy atom. The molecule has 32 heteroatoms. The van der Waals surface area contributed by atoms with Crippen LogP contribution in [0.4, 0.5) is 9.59 Å². The van der Waals surface area contributed by atoms with Crippen LogP contribution in [0.5, 0.6) is 0 Å². The maximum Gasteiger partial charge on any atom is 0.316 e. The minimum atomic E-state index is -0.996. The second-order valence-electron chi connectivity index (χ2n) is 39.4. The number of ketones is 5. The van der Waals surface area contributed by atoms with Gasteiger partial charge in [0.25, 0.3) is 24.2 Å². The fourth-order valence-electron chi connectivity index (χ4n) is 20.3. The number of rotatable bonds is 22. The maximum absolute atomic E-state index is 14.2. The highest BCUT2D eigenvalue weighted by molar-refractivity contribution is 6.39. The van der Waals surface area contributed by atoms with Crippen molar-refractivity contribution in [1.82, 2.24) is 67.9 Å². The highest BCUT2D eigenvalue weighted by atomic mass is 16.3. The van der Waals surface area contributed by atoms with Crippen molar-refractivity contribution in [3.8, 4) is 0 Å². The maximum atomic E-state index is 14.2. The number of amides is 13. The molecule has 0 radical (unpaired) electrons. The number of hydrogen-bond donors (Lipinski definition) is 12. The molecule has 11 aliphatic rings. The molecule has 5 saturated carbocycles. The summed E-state index contributed by atoms with van der Waals surface area (Å²) < 4.78 is 0. The van der Waals surface area contributed by atoms with Crippen LogP contribution in [0.25, 0.3) is 0 Å². The zero-order valence-corrected chi connectivity index (χ0v) is 76.5. The average molecular weight is 1760 g/mol. The minimum Gasteiger partial charge on any atom is -0.483 e. The Hall–Kier alpha value is -9.23.